The van der Waals surface area contributed by atoms with E-state index in [2.05, 4.69) is 16.6 Å². The first-order valence-corrected chi connectivity index (χ1v) is 14.2. The molecule has 3 nitrogen and oxygen atoms in total. The Bertz CT molecular complexity index is 1530. The Hall–Kier alpha value is -3.41. The average Bonchev–Trinajstić information content (AvgIpc) is 2.86. The maximum Gasteiger partial charge on any atom is 0.432 e. The number of halogens is 10. The van der Waals surface area contributed by atoms with Crippen LogP contribution in [0.25, 0.3) is 0 Å². The first kappa shape index (κ1) is 31.5. The number of hydrogen-bond donors (Lipinski definition) is 0. The molecule has 14 heteroatoms. The quantitative estimate of drug-likeness (QED) is 0.201. The highest BCUT2D eigenvalue weighted by molar-refractivity contribution is 8.45. The fraction of sp³-hybridized carbons (Fsp3) is 0.286. The lowest BCUT2D eigenvalue weighted by Crippen LogP contribution is -2.27. The highest BCUT2D eigenvalue weighted by Gasteiger charge is 2.67. The Labute approximate surface area is 234 Å². The van der Waals surface area contributed by atoms with Crippen molar-refractivity contribution in [2.75, 3.05) is 13.2 Å². The van der Waals surface area contributed by atoms with E-state index in [0.29, 0.717) is 12.1 Å². The minimum Gasteiger partial charge on any atom is -0.429 e. The number of ether oxygens (including phenoxy) is 3. The molecule has 0 N–H and O–H groups in total. The van der Waals surface area contributed by atoms with Crippen LogP contribution in [0.4, 0.5) is 41.4 Å². The Balaban J connectivity index is 1.53. The van der Waals surface area contributed by atoms with E-state index in [1.165, 1.54) is 6.92 Å². The van der Waals surface area contributed by atoms with Crippen molar-refractivity contribution in [3.05, 3.63) is 93.8 Å². The van der Waals surface area contributed by atoms with Crippen molar-refractivity contribution in [2.24, 2.45) is 5.92 Å². The number of alkyl halides is 2. The van der Waals surface area contributed by atoms with E-state index >= 15 is 0 Å². The van der Waals surface area contributed by atoms with Gasteiger partial charge in [-0.1, -0.05) is 45.1 Å². The van der Waals surface area contributed by atoms with Crippen LogP contribution in [-0.4, -0.2) is 13.2 Å². The summed E-state index contributed by atoms with van der Waals surface area (Å²) in [4.78, 5) is -2.65. The van der Waals surface area contributed by atoms with Gasteiger partial charge >= 0.3 is 16.3 Å². The molecule has 1 heterocycles. The van der Waals surface area contributed by atoms with Crippen LogP contribution in [0.2, 0.25) is 0 Å². The van der Waals surface area contributed by atoms with Crippen molar-refractivity contribution in [3.63, 3.8) is 0 Å². The first-order chi connectivity index (χ1) is 19.3. The maximum absolute atomic E-state index is 14.8. The number of aryl methyl sites for hydroxylation is 1. The second-order valence-electron chi connectivity index (χ2n) is 9.62. The third-order valence-electron chi connectivity index (χ3n) is 6.09. The Morgan fingerprint density at radius 1 is 0.857 bits per heavy atom. The highest BCUT2D eigenvalue weighted by Crippen LogP contribution is 3.02. The summed E-state index contributed by atoms with van der Waals surface area (Å²) >= 11 is 0. The van der Waals surface area contributed by atoms with Crippen molar-refractivity contribution in [2.45, 2.75) is 37.6 Å². The lowest BCUT2D eigenvalue weighted by atomic mass is 10.0. The van der Waals surface area contributed by atoms with Gasteiger partial charge in [-0.25, -0.2) is 13.2 Å². The Morgan fingerprint density at radius 3 is 1.95 bits per heavy atom. The molecule has 0 bridgehead atoms. The molecular weight excluding hydrogens is 606 g/mol. The lowest BCUT2D eigenvalue weighted by molar-refractivity contribution is -0.203. The molecule has 3 aromatic rings. The van der Waals surface area contributed by atoms with Crippen molar-refractivity contribution < 1.29 is 55.6 Å². The van der Waals surface area contributed by atoms with Gasteiger partial charge in [-0.15, -0.1) is 0 Å². The fourth-order valence-electron chi connectivity index (χ4n) is 4.04. The SMILES string of the molecule is CCc1cc(S(F)(F)(F)(F)F)c(F)cc1C#Cc1ccc(OC(F)(F)c2c(F)cc(C3OCC(C)CO3)cc2F)cc1. The van der Waals surface area contributed by atoms with E-state index in [1.54, 1.807) is 0 Å². The third kappa shape index (κ3) is 7.14. The topological polar surface area (TPSA) is 27.7 Å². The van der Waals surface area contributed by atoms with Gasteiger partial charge in [0.15, 0.2) is 6.29 Å². The van der Waals surface area contributed by atoms with Gasteiger partial charge in [-0.05, 0) is 60.5 Å². The van der Waals surface area contributed by atoms with E-state index in [-0.39, 0.29) is 59.9 Å². The van der Waals surface area contributed by atoms with E-state index in [4.69, 9.17) is 9.47 Å². The molecule has 1 aliphatic heterocycles. The van der Waals surface area contributed by atoms with Gasteiger partial charge in [-0.3, -0.25) is 0 Å². The van der Waals surface area contributed by atoms with Gasteiger partial charge < -0.3 is 14.2 Å². The molecule has 42 heavy (non-hydrogen) atoms. The first-order valence-electron chi connectivity index (χ1n) is 12.3. The summed E-state index contributed by atoms with van der Waals surface area (Å²) in [7, 11) is -10.3. The molecule has 1 fully saturated rings. The molecule has 0 saturated carbocycles. The predicted molar refractivity (Wildman–Crippen MR) is 134 cm³/mol. The largest absolute Gasteiger partial charge is 0.432 e. The minimum absolute atomic E-state index is 0.0143. The van der Waals surface area contributed by atoms with Crippen LogP contribution in [0.5, 0.6) is 5.75 Å². The molecule has 0 unspecified atom stereocenters. The zero-order valence-corrected chi connectivity index (χ0v) is 22.6. The van der Waals surface area contributed by atoms with Crippen molar-refractivity contribution in [1.82, 2.24) is 0 Å². The van der Waals surface area contributed by atoms with Crippen LogP contribution in [0.15, 0.2) is 53.4 Å². The zero-order chi connectivity index (χ0) is 31.2. The molecule has 1 saturated heterocycles. The molecule has 0 radical (unpaired) electrons. The lowest BCUT2D eigenvalue weighted by Gasteiger charge is -2.40. The van der Waals surface area contributed by atoms with Crippen molar-refractivity contribution in [1.29, 1.82) is 0 Å². The molecule has 0 atom stereocenters. The fourth-order valence-corrected chi connectivity index (χ4v) is 4.84. The monoisotopic (exact) mass is 628 g/mol. The normalized spacial score (nSPS) is 19.3. The van der Waals surface area contributed by atoms with E-state index in [0.717, 1.165) is 24.3 Å². The van der Waals surface area contributed by atoms with Gasteiger partial charge in [0.05, 0.1) is 13.2 Å². The van der Waals surface area contributed by atoms with Gasteiger partial charge in [0.2, 0.25) is 0 Å². The molecular formula is C28H22F10O3S. The highest BCUT2D eigenvalue weighted by atomic mass is 32.5. The van der Waals surface area contributed by atoms with Crippen molar-refractivity contribution >= 4 is 10.2 Å². The van der Waals surface area contributed by atoms with Gasteiger partial charge in [-0.2, -0.15) is 8.78 Å². The third-order valence-corrected chi connectivity index (χ3v) is 7.23. The number of benzene rings is 3. The molecule has 228 valence electrons. The molecule has 0 amide bonds. The summed E-state index contributed by atoms with van der Waals surface area (Å²) in [6, 6.07) is 5.81. The zero-order valence-electron chi connectivity index (χ0n) is 21.8. The summed E-state index contributed by atoms with van der Waals surface area (Å²) < 4.78 is 154. The van der Waals surface area contributed by atoms with Crippen LogP contribution in [0.1, 0.15) is 48.0 Å². The second-order valence-corrected chi connectivity index (χ2v) is 12.0. The van der Waals surface area contributed by atoms with Crippen LogP contribution in [0, 0.1) is 35.2 Å². The van der Waals surface area contributed by atoms with Gasteiger partial charge in [0.1, 0.15) is 33.7 Å². The minimum atomic E-state index is -10.3. The standard InChI is InChI=1S/C28H22F10O3S/c1-3-18-13-25(42(34,35,36,37)38)22(29)10-19(18)7-4-17-5-8-21(9-6-17)41-28(32,33)26-23(30)11-20(12-24(26)31)27-39-14-16(2)15-40-27/h5-6,8-13,16,27H,3,14-15H2,1-2H3. The van der Waals surface area contributed by atoms with E-state index in [1.807, 2.05) is 6.92 Å². The van der Waals surface area contributed by atoms with Crippen LogP contribution in [-0.2, 0) is 22.0 Å². The summed E-state index contributed by atoms with van der Waals surface area (Å²) in [5.74, 6) is -1.04. The summed E-state index contributed by atoms with van der Waals surface area (Å²) in [6.45, 7) is 3.68. The molecule has 1 aliphatic rings. The van der Waals surface area contributed by atoms with Crippen LogP contribution >= 0.6 is 10.2 Å². The predicted octanol–water partition coefficient (Wildman–Crippen LogP) is 9.53. The van der Waals surface area contributed by atoms with Crippen molar-refractivity contribution in [3.8, 4) is 17.6 Å². The number of rotatable bonds is 6. The maximum atomic E-state index is 14.8. The average molecular weight is 629 g/mol. The molecule has 0 aromatic heterocycles. The van der Waals surface area contributed by atoms with E-state index < -0.39 is 56.3 Å². The number of hydrogen-bond acceptors (Lipinski definition) is 3. The smallest absolute Gasteiger partial charge is 0.429 e. The van der Waals surface area contributed by atoms with Crippen LogP contribution < -0.4 is 4.74 Å². The summed E-state index contributed by atoms with van der Waals surface area (Å²) in [5, 5.41) is 0. The Kier molecular flexibility index (Phi) is 7.80. The molecule has 4 rings (SSSR count). The van der Waals surface area contributed by atoms with Gasteiger partial charge in [0.25, 0.3) is 0 Å². The molecule has 3 aromatic carbocycles. The summed E-state index contributed by atoms with van der Waals surface area (Å²) in [5.41, 5.74) is -2.27. The Morgan fingerprint density at radius 2 is 1.43 bits per heavy atom. The molecule has 0 aliphatic carbocycles. The molecule has 0 spiro atoms. The van der Waals surface area contributed by atoms with Gasteiger partial charge in [0, 0.05) is 22.6 Å². The van der Waals surface area contributed by atoms with Crippen LogP contribution in [0.3, 0.4) is 0 Å². The second kappa shape index (κ2) is 10.4. The summed E-state index contributed by atoms with van der Waals surface area (Å²) in [6.07, 6.45) is -5.76. The van der Waals surface area contributed by atoms with E-state index in [9.17, 15) is 41.4 Å².